The Balaban J connectivity index is 2.03. The second-order valence-electron chi connectivity index (χ2n) is 6.01. The molecule has 0 fully saturated rings. The molecule has 3 nitrogen and oxygen atoms in total. The van der Waals surface area contributed by atoms with Gasteiger partial charge >= 0.3 is 0 Å². The minimum absolute atomic E-state index is 0.0379. The minimum atomic E-state index is -0.162. The van der Waals surface area contributed by atoms with Crippen molar-refractivity contribution >= 4 is 11.6 Å². The first-order valence-electron chi connectivity index (χ1n) is 7.77. The van der Waals surface area contributed by atoms with Gasteiger partial charge in [0.25, 0.3) is 0 Å². The smallest absolute Gasteiger partial charge is 0.234 e. The normalized spacial score (nSPS) is 18.5. The van der Waals surface area contributed by atoms with E-state index in [1.165, 1.54) is 5.56 Å². The van der Waals surface area contributed by atoms with Crippen LogP contribution in [-0.2, 0) is 4.79 Å². The Bertz CT molecular complexity index is 723. The van der Waals surface area contributed by atoms with Crippen LogP contribution in [0.15, 0.2) is 42.5 Å². The molecule has 0 bridgehead atoms. The topological polar surface area (TPSA) is 46.3 Å². The summed E-state index contributed by atoms with van der Waals surface area (Å²) >= 11 is 0. The monoisotopic (exact) mass is 294 g/mol. The van der Waals surface area contributed by atoms with Gasteiger partial charge in [-0.1, -0.05) is 43.3 Å². The van der Waals surface area contributed by atoms with E-state index in [1.54, 1.807) is 4.90 Å². The summed E-state index contributed by atoms with van der Waals surface area (Å²) in [5.41, 5.74) is 12.0. The Labute approximate surface area is 131 Å². The maximum Gasteiger partial charge on any atom is 0.234 e. The van der Waals surface area contributed by atoms with E-state index in [0.717, 1.165) is 28.8 Å². The van der Waals surface area contributed by atoms with E-state index in [-0.39, 0.29) is 17.9 Å². The molecule has 22 heavy (non-hydrogen) atoms. The third-order valence-corrected chi connectivity index (χ3v) is 4.71. The van der Waals surface area contributed by atoms with Crippen LogP contribution in [0.25, 0.3) is 0 Å². The number of rotatable bonds is 3. The zero-order valence-corrected chi connectivity index (χ0v) is 13.3. The standard InChI is InChI=1S/C19H22N2O/c1-4-14-16-11-13(9-10-17(16)21(3)19(14)22)18(20)15-8-6-5-7-12(15)2/h5-11,14,18H,4,20H2,1-3H3. The van der Waals surface area contributed by atoms with Crippen LogP contribution < -0.4 is 10.6 Å². The number of carbonyl (C=O) groups excluding carboxylic acids is 1. The number of aryl methyl sites for hydroxylation is 1. The van der Waals surface area contributed by atoms with Gasteiger partial charge in [0.15, 0.2) is 0 Å². The van der Waals surface area contributed by atoms with Crippen molar-refractivity contribution in [1.82, 2.24) is 0 Å². The molecule has 0 saturated heterocycles. The van der Waals surface area contributed by atoms with Gasteiger partial charge in [-0.2, -0.15) is 0 Å². The fourth-order valence-corrected chi connectivity index (χ4v) is 3.35. The highest BCUT2D eigenvalue weighted by Crippen LogP contribution is 2.40. The molecule has 1 aliphatic rings. The third-order valence-electron chi connectivity index (χ3n) is 4.71. The summed E-state index contributed by atoms with van der Waals surface area (Å²) in [6.45, 7) is 4.13. The van der Waals surface area contributed by atoms with Gasteiger partial charge in [0, 0.05) is 12.7 Å². The van der Waals surface area contributed by atoms with Gasteiger partial charge in [0.05, 0.1) is 12.0 Å². The Morgan fingerprint density at radius 2 is 1.95 bits per heavy atom. The van der Waals surface area contributed by atoms with Crippen LogP contribution in [-0.4, -0.2) is 13.0 Å². The fraction of sp³-hybridized carbons (Fsp3) is 0.316. The van der Waals surface area contributed by atoms with E-state index in [4.69, 9.17) is 5.73 Å². The van der Waals surface area contributed by atoms with Gasteiger partial charge in [-0.25, -0.2) is 0 Å². The molecule has 3 heteroatoms. The number of fused-ring (bicyclic) bond motifs is 1. The molecule has 0 aromatic heterocycles. The molecule has 0 aliphatic carbocycles. The Hall–Kier alpha value is -2.13. The molecule has 2 unspecified atom stereocenters. The quantitative estimate of drug-likeness (QED) is 0.941. The molecule has 2 aromatic rings. The zero-order chi connectivity index (χ0) is 15.9. The highest BCUT2D eigenvalue weighted by Gasteiger charge is 2.34. The van der Waals surface area contributed by atoms with Crippen LogP contribution in [0.5, 0.6) is 0 Å². The summed E-state index contributed by atoms with van der Waals surface area (Å²) in [7, 11) is 1.85. The molecule has 3 rings (SSSR count). The number of benzene rings is 2. The van der Waals surface area contributed by atoms with E-state index in [0.29, 0.717) is 0 Å². The predicted molar refractivity (Wildman–Crippen MR) is 90.1 cm³/mol. The predicted octanol–water partition coefficient (Wildman–Crippen LogP) is 3.51. The number of likely N-dealkylation sites (N-methyl/N-ethyl adjacent to an activating group) is 1. The minimum Gasteiger partial charge on any atom is -0.320 e. The molecule has 2 aromatic carbocycles. The third kappa shape index (κ3) is 2.22. The van der Waals surface area contributed by atoms with Gasteiger partial charge in [-0.3, -0.25) is 4.79 Å². The highest BCUT2D eigenvalue weighted by atomic mass is 16.2. The molecule has 0 spiro atoms. The molecule has 0 radical (unpaired) electrons. The summed E-state index contributed by atoms with van der Waals surface area (Å²) in [4.78, 5) is 14.0. The van der Waals surface area contributed by atoms with Crippen LogP contribution in [0.2, 0.25) is 0 Å². The van der Waals surface area contributed by atoms with Crippen molar-refractivity contribution in [2.24, 2.45) is 5.73 Å². The van der Waals surface area contributed by atoms with Crippen LogP contribution in [0.1, 0.15) is 47.6 Å². The Morgan fingerprint density at radius 3 is 2.64 bits per heavy atom. The molecular formula is C19H22N2O. The number of carbonyl (C=O) groups is 1. The van der Waals surface area contributed by atoms with Crippen LogP contribution >= 0.6 is 0 Å². The summed E-state index contributed by atoms with van der Waals surface area (Å²) in [5, 5.41) is 0. The van der Waals surface area contributed by atoms with E-state index < -0.39 is 0 Å². The van der Waals surface area contributed by atoms with Gasteiger partial charge < -0.3 is 10.6 Å². The second kappa shape index (κ2) is 5.58. The second-order valence-corrected chi connectivity index (χ2v) is 6.01. The maximum atomic E-state index is 12.3. The van der Waals surface area contributed by atoms with Gasteiger partial charge in [-0.05, 0) is 41.7 Å². The molecule has 2 atom stereocenters. The molecule has 1 heterocycles. The molecule has 0 saturated carbocycles. The largest absolute Gasteiger partial charge is 0.320 e. The first-order chi connectivity index (χ1) is 10.5. The number of hydrogen-bond acceptors (Lipinski definition) is 2. The molecular weight excluding hydrogens is 272 g/mol. The first kappa shape index (κ1) is 14.8. The van der Waals surface area contributed by atoms with Crippen molar-refractivity contribution in [3.63, 3.8) is 0 Å². The van der Waals surface area contributed by atoms with Crippen molar-refractivity contribution < 1.29 is 4.79 Å². The first-order valence-corrected chi connectivity index (χ1v) is 7.77. The number of hydrogen-bond donors (Lipinski definition) is 1. The number of anilines is 1. The summed E-state index contributed by atoms with van der Waals surface area (Å²) in [5.74, 6) is 0.142. The maximum absolute atomic E-state index is 12.3. The number of nitrogens with two attached hydrogens (primary N) is 1. The number of amides is 1. The summed E-state index contributed by atoms with van der Waals surface area (Å²) in [6.07, 6.45) is 0.819. The van der Waals surface area contributed by atoms with Gasteiger partial charge in [-0.15, -0.1) is 0 Å². The lowest BCUT2D eigenvalue weighted by molar-refractivity contribution is -0.119. The van der Waals surface area contributed by atoms with E-state index in [1.807, 2.05) is 31.3 Å². The molecule has 2 N–H and O–H groups in total. The fourth-order valence-electron chi connectivity index (χ4n) is 3.35. The average Bonchev–Trinajstić information content (AvgIpc) is 2.77. The zero-order valence-electron chi connectivity index (χ0n) is 13.3. The SMILES string of the molecule is CCC1C(=O)N(C)c2ccc(C(N)c3ccccc3C)cc21. The summed E-state index contributed by atoms with van der Waals surface area (Å²) in [6, 6.07) is 14.2. The van der Waals surface area contributed by atoms with E-state index in [9.17, 15) is 4.79 Å². The van der Waals surface area contributed by atoms with Crippen molar-refractivity contribution in [3.05, 3.63) is 64.7 Å². The van der Waals surface area contributed by atoms with Crippen LogP contribution in [0, 0.1) is 6.92 Å². The van der Waals surface area contributed by atoms with Crippen molar-refractivity contribution in [3.8, 4) is 0 Å². The van der Waals surface area contributed by atoms with Crippen molar-refractivity contribution in [2.45, 2.75) is 32.2 Å². The van der Waals surface area contributed by atoms with E-state index >= 15 is 0 Å². The van der Waals surface area contributed by atoms with Crippen LogP contribution in [0.3, 0.4) is 0 Å². The lowest BCUT2D eigenvalue weighted by atomic mass is 9.91. The Morgan fingerprint density at radius 1 is 1.23 bits per heavy atom. The Kier molecular flexibility index (Phi) is 3.75. The number of nitrogens with zero attached hydrogens (tertiary/aromatic N) is 1. The molecule has 1 amide bonds. The lowest BCUT2D eigenvalue weighted by Gasteiger charge is -2.17. The van der Waals surface area contributed by atoms with Gasteiger partial charge in [0.2, 0.25) is 5.91 Å². The van der Waals surface area contributed by atoms with E-state index in [2.05, 4.69) is 32.0 Å². The van der Waals surface area contributed by atoms with Crippen molar-refractivity contribution in [1.29, 1.82) is 0 Å². The summed E-state index contributed by atoms with van der Waals surface area (Å²) < 4.78 is 0. The molecule has 114 valence electrons. The lowest BCUT2D eigenvalue weighted by Crippen LogP contribution is -2.23. The average molecular weight is 294 g/mol. The molecule has 1 aliphatic heterocycles. The van der Waals surface area contributed by atoms with Gasteiger partial charge in [0.1, 0.15) is 0 Å². The van der Waals surface area contributed by atoms with Crippen molar-refractivity contribution in [2.75, 3.05) is 11.9 Å². The van der Waals surface area contributed by atoms with Crippen LogP contribution in [0.4, 0.5) is 5.69 Å². The highest BCUT2D eigenvalue weighted by molar-refractivity contribution is 6.04.